The summed E-state index contributed by atoms with van der Waals surface area (Å²) in [6, 6.07) is 1.26. The summed E-state index contributed by atoms with van der Waals surface area (Å²) >= 11 is 3.06. The van der Waals surface area contributed by atoms with Gasteiger partial charge in [-0.25, -0.2) is 13.8 Å². The molecule has 1 rings (SSSR count). The van der Waals surface area contributed by atoms with Gasteiger partial charge >= 0.3 is 5.69 Å². The Kier molecular flexibility index (Phi) is 5.86. The van der Waals surface area contributed by atoms with Crippen molar-refractivity contribution in [3.8, 4) is 5.88 Å². The molecule has 9 heteroatoms. The van der Waals surface area contributed by atoms with E-state index in [4.69, 9.17) is 4.74 Å². The minimum Gasteiger partial charge on any atom is -0.471 e. The van der Waals surface area contributed by atoms with Gasteiger partial charge in [0.25, 0.3) is 12.3 Å². The summed E-state index contributed by atoms with van der Waals surface area (Å²) in [7, 11) is 0. The van der Waals surface area contributed by atoms with Crippen molar-refractivity contribution in [1.29, 1.82) is 0 Å². The van der Waals surface area contributed by atoms with E-state index in [0.717, 1.165) is 0 Å². The molecule has 0 aliphatic heterocycles. The van der Waals surface area contributed by atoms with Crippen LogP contribution >= 0.6 is 15.9 Å². The van der Waals surface area contributed by atoms with Crippen LogP contribution in [0.25, 0.3) is 0 Å². The lowest BCUT2D eigenvalue weighted by molar-refractivity contribution is -0.386. The number of nitrogens with one attached hydrogen (secondary N) is 1. The Labute approximate surface area is 110 Å². The van der Waals surface area contributed by atoms with Gasteiger partial charge in [0.1, 0.15) is 6.61 Å². The molecule has 6 nitrogen and oxygen atoms in total. The number of rotatable bonds is 7. The minimum absolute atomic E-state index is 0.0161. The molecule has 0 radical (unpaired) electrons. The van der Waals surface area contributed by atoms with Crippen LogP contribution < -0.4 is 10.1 Å². The normalized spacial score (nSPS) is 10.7. The Morgan fingerprint density at radius 2 is 2.33 bits per heavy atom. The zero-order valence-corrected chi connectivity index (χ0v) is 10.7. The Hall–Kier alpha value is -1.35. The maximum absolute atomic E-state index is 11.8. The van der Waals surface area contributed by atoms with Crippen molar-refractivity contribution in [2.75, 3.05) is 19.7 Å². The fraction of sp³-hybridized carbons (Fsp3) is 0.444. The van der Waals surface area contributed by atoms with Crippen molar-refractivity contribution in [2.24, 2.45) is 0 Å². The second kappa shape index (κ2) is 7.17. The van der Waals surface area contributed by atoms with Crippen LogP contribution in [0.15, 0.2) is 16.7 Å². The highest BCUT2D eigenvalue weighted by molar-refractivity contribution is 9.10. The average molecular weight is 326 g/mol. The quantitative estimate of drug-likeness (QED) is 0.471. The highest BCUT2D eigenvalue weighted by atomic mass is 79.9. The molecular weight excluding hydrogens is 316 g/mol. The fourth-order valence-corrected chi connectivity index (χ4v) is 1.41. The lowest BCUT2D eigenvalue weighted by Gasteiger charge is -2.06. The molecule has 0 spiro atoms. The van der Waals surface area contributed by atoms with Gasteiger partial charge in [-0.2, -0.15) is 0 Å². The third-order valence-electron chi connectivity index (χ3n) is 1.81. The van der Waals surface area contributed by atoms with Crippen molar-refractivity contribution in [3.05, 3.63) is 26.9 Å². The molecule has 1 N–H and O–H groups in total. The molecule has 1 aromatic rings. The molecule has 100 valence electrons. The highest BCUT2D eigenvalue weighted by Crippen LogP contribution is 2.26. The van der Waals surface area contributed by atoms with Gasteiger partial charge in [0.05, 0.1) is 11.5 Å². The van der Waals surface area contributed by atoms with Gasteiger partial charge in [-0.1, -0.05) is 0 Å². The molecule has 0 fully saturated rings. The van der Waals surface area contributed by atoms with Crippen molar-refractivity contribution in [1.82, 2.24) is 10.3 Å². The van der Waals surface area contributed by atoms with Crippen molar-refractivity contribution < 1.29 is 18.4 Å². The molecule has 0 bridgehead atoms. The Morgan fingerprint density at radius 3 is 2.94 bits per heavy atom. The van der Waals surface area contributed by atoms with E-state index >= 15 is 0 Å². The number of nitro groups is 1. The summed E-state index contributed by atoms with van der Waals surface area (Å²) in [6.07, 6.45) is -1.08. The van der Waals surface area contributed by atoms with Gasteiger partial charge in [0.15, 0.2) is 0 Å². The number of nitrogens with zero attached hydrogens (tertiary/aromatic N) is 2. The Bertz CT molecular complexity index is 420. The first-order valence-electron chi connectivity index (χ1n) is 4.92. The van der Waals surface area contributed by atoms with E-state index in [1.54, 1.807) is 0 Å². The van der Waals surface area contributed by atoms with E-state index < -0.39 is 17.9 Å². The maximum atomic E-state index is 11.8. The van der Waals surface area contributed by atoms with E-state index in [-0.39, 0.29) is 24.7 Å². The van der Waals surface area contributed by atoms with Crippen molar-refractivity contribution in [3.63, 3.8) is 0 Å². The number of pyridine rings is 1. The zero-order chi connectivity index (χ0) is 13.5. The largest absolute Gasteiger partial charge is 0.471 e. The van der Waals surface area contributed by atoms with Gasteiger partial charge in [0.2, 0.25) is 0 Å². The monoisotopic (exact) mass is 325 g/mol. The molecule has 0 saturated heterocycles. The predicted molar refractivity (Wildman–Crippen MR) is 63.0 cm³/mol. The first kappa shape index (κ1) is 14.7. The SMILES string of the molecule is O=[N+]([O-])c1cc(Br)cnc1OCCNCC(F)F. The molecule has 0 aromatic carbocycles. The van der Waals surface area contributed by atoms with Gasteiger partial charge < -0.3 is 10.1 Å². The third-order valence-corrected chi connectivity index (χ3v) is 2.25. The van der Waals surface area contributed by atoms with Crippen LogP contribution in [-0.4, -0.2) is 36.0 Å². The van der Waals surface area contributed by atoms with Crippen LogP contribution in [0.2, 0.25) is 0 Å². The van der Waals surface area contributed by atoms with Crippen LogP contribution in [0.5, 0.6) is 5.88 Å². The summed E-state index contributed by atoms with van der Waals surface area (Å²) in [6.45, 7) is -0.277. The molecule has 0 aliphatic carbocycles. The lowest BCUT2D eigenvalue weighted by Crippen LogP contribution is -2.26. The van der Waals surface area contributed by atoms with E-state index in [1.165, 1.54) is 12.3 Å². The number of ether oxygens (including phenoxy) is 1. The van der Waals surface area contributed by atoms with Crippen molar-refractivity contribution in [2.45, 2.75) is 6.43 Å². The molecule has 0 atom stereocenters. The van der Waals surface area contributed by atoms with Crippen molar-refractivity contribution >= 4 is 21.6 Å². The maximum Gasteiger partial charge on any atom is 0.332 e. The number of hydrogen-bond donors (Lipinski definition) is 1. The molecule has 18 heavy (non-hydrogen) atoms. The van der Waals surface area contributed by atoms with Crippen LogP contribution in [0.1, 0.15) is 0 Å². The first-order valence-corrected chi connectivity index (χ1v) is 5.71. The number of aromatic nitrogens is 1. The van der Waals surface area contributed by atoms with Gasteiger partial charge in [-0.15, -0.1) is 0 Å². The second-order valence-corrected chi connectivity index (χ2v) is 4.09. The Balaban J connectivity index is 2.49. The van der Waals surface area contributed by atoms with Gasteiger partial charge in [0, 0.05) is 23.3 Å². The van der Waals surface area contributed by atoms with Crippen LogP contribution in [0, 0.1) is 10.1 Å². The molecular formula is C9H10BrF2N3O3. The van der Waals surface area contributed by atoms with Gasteiger partial charge in [-0.05, 0) is 15.9 Å². The standard InChI is InChI=1S/C9H10BrF2N3O3/c10-6-3-7(15(16)17)9(14-4-6)18-2-1-13-5-8(11)12/h3-4,8,13H,1-2,5H2. The summed E-state index contributed by atoms with van der Waals surface area (Å²) < 4.78 is 29.1. The van der Waals surface area contributed by atoms with Crippen LogP contribution in [0.3, 0.4) is 0 Å². The fourth-order valence-electron chi connectivity index (χ4n) is 1.09. The topological polar surface area (TPSA) is 77.3 Å². The average Bonchev–Trinajstić information content (AvgIpc) is 2.29. The van der Waals surface area contributed by atoms with E-state index in [9.17, 15) is 18.9 Å². The number of halogens is 3. The first-order chi connectivity index (χ1) is 8.50. The molecule has 0 saturated carbocycles. The summed E-state index contributed by atoms with van der Waals surface area (Å²) in [5, 5.41) is 13.1. The number of alkyl halides is 2. The van der Waals surface area contributed by atoms with Gasteiger partial charge in [-0.3, -0.25) is 10.1 Å². The molecule has 0 amide bonds. The second-order valence-electron chi connectivity index (χ2n) is 3.18. The molecule has 1 aromatic heterocycles. The summed E-state index contributed by atoms with van der Waals surface area (Å²) in [5.74, 6) is -0.137. The van der Waals surface area contributed by atoms with Crippen LogP contribution in [0.4, 0.5) is 14.5 Å². The smallest absolute Gasteiger partial charge is 0.332 e. The van der Waals surface area contributed by atoms with E-state index in [0.29, 0.717) is 4.47 Å². The lowest BCUT2D eigenvalue weighted by atomic mass is 10.4. The van der Waals surface area contributed by atoms with Crippen LogP contribution in [-0.2, 0) is 0 Å². The van der Waals surface area contributed by atoms with E-state index in [2.05, 4.69) is 26.2 Å². The predicted octanol–water partition coefficient (Wildman–Crippen LogP) is 1.99. The van der Waals surface area contributed by atoms with E-state index in [1.807, 2.05) is 0 Å². The molecule has 1 heterocycles. The molecule has 0 unspecified atom stereocenters. The highest BCUT2D eigenvalue weighted by Gasteiger charge is 2.17. The number of hydrogen-bond acceptors (Lipinski definition) is 5. The summed E-state index contributed by atoms with van der Waals surface area (Å²) in [4.78, 5) is 13.8. The Morgan fingerprint density at radius 1 is 1.61 bits per heavy atom. The summed E-state index contributed by atoms with van der Waals surface area (Å²) in [5.41, 5.74) is -0.279. The molecule has 0 aliphatic rings. The minimum atomic E-state index is -2.44. The third kappa shape index (κ3) is 4.88. The zero-order valence-electron chi connectivity index (χ0n) is 9.11.